The second-order valence-electron chi connectivity index (χ2n) is 8.15. The minimum absolute atomic E-state index is 0.0214. The lowest BCUT2D eigenvalue weighted by Crippen LogP contribution is -2.55. The van der Waals surface area contributed by atoms with E-state index in [4.69, 9.17) is 0 Å². The molecule has 1 aromatic rings. The Bertz CT molecular complexity index is 720. The first kappa shape index (κ1) is 22.9. The van der Waals surface area contributed by atoms with Crippen molar-refractivity contribution in [2.24, 2.45) is 11.8 Å². The number of nitrogens with one attached hydrogen (secondary N) is 1. The molecule has 1 aromatic carbocycles. The number of carbonyl (C=O) groups excluding carboxylic acids is 3. The number of likely N-dealkylation sites (tertiary alicyclic amines) is 1. The highest BCUT2D eigenvalue weighted by Crippen LogP contribution is 2.24. The number of carbonyl (C=O) groups is 3. The first-order chi connectivity index (χ1) is 13.8. The number of rotatable bonds is 7. The van der Waals surface area contributed by atoms with Gasteiger partial charge in [0.2, 0.25) is 11.8 Å². The molecule has 1 aliphatic rings. The molecular formula is C23H35N3O3. The van der Waals surface area contributed by atoms with Gasteiger partial charge in [-0.15, -0.1) is 0 Å². The summed E-state index contributed by atoms with van der Waals surface area (Å²) in [6.45, 7) is 12.1. The molecule has 1 saturated heterocycles. The monoisotopic (exact) mass is 401 g/mol. The summed E-state index contributed by atoms with van der Waals surface area (Å²) in [6, 6.07) is 6.82. The molecule has 0 radical (unpaired) electrons. The van der Waals surface area contributed by atoms with Crippen LogP contribution in [-0.2, 0) is 9.59 Å². The Hall–Kier alpha value is -2.37. The highest BCUT2D eigenvalue weighted by Gasteiger charge is 2.35. The normalized spacial score (nSPS) is 15.9. The zero-order valence-electron chi connectivity index (χ0n) is 18.4. The molecule has 1 heterocycles. The van der Waals surface area contributed by atoms with Crippen molar-refractivity contribution in [3.63, 3.8) is 0 Å². The second-order valence-corrected chi connectivity index (χ2v) is 8.15. The maximum Gasteiger partial charge on any atom is 0.251 e. The van der Waals surface area contributed by atoms with Crippen molar-refractivity contribution in [1.29, 1.82) is 0 Å². The van der Waals surface area contributed by atoms with Crippen molar-refractivity contribution in [2.75, 3.05) is 26.2 Å². The van der Waals surface area contributed by atoms with Crippen LogP contribution in [0, 0.1) is 18.8 Å². The van der Waals surface area contributed by atoms with E-state index in [1.807, 2.05) is 57.7 Å². The van der Waals surface area contributed by atoms with Crippen LogP contribution in [0.2, 0.25) is 0 Å². The van der Waals surface area contributed by atoms with Crippen LogP contribution in [0.5, 0.6) is 0 Å². The highest BCUT2D eigenvalue weighted by molar-refractivity contribution is 5.97. The minimum atomic E-state index is -0.570. The molecule has 160 valence electrons. The van der Waals surface area contributed by atoms with Crippen LogP contribution in [0.1, 0.15) is 56.5 Å². The largest absolute Gasteiger partial charge is 0.342 e. The van der Waals surface area contributed by atoms with Gasteiger partial charge in [-0.05, 0) is 51.7 Å². The van der Waals surface area contributed by atoms with Crippen LogP contribution in [0.15, 0.2) is 24.3 Å². The number of hydrogen-bond donors (Lipinski definition) is 1. The fourth-order valence-electron chi connectivity index (χ4n) is 3.94. The molecule has 29 heavy (non-hydrogen) atoms. The molecule has 1 atom stereocenters. The molecule has 6 nitrogen and oxygen atoms in total. The number of piperidine rings is 1. The van der Waals surface area contributed by atoms with Crippen LogP contribution in [0.25, 0.3) is 0 Å². The molecule has 0 unspecified atom stereocenters. The Labute approximate surface area is 174 Å². The third-order valence-corrected chi connectivity index (χ3v) is 5.72. The molecule has 3 amide bonds. The van der Waals surface area contributed by atoms with Crippen LogP contribution >= 0.6 is 0 Å². The lowest BCUT2D eigenvalue weighted by Gasteiger charge is -2.38. The predicted molar refractivity (Wildman–Crippen MR) is 115 cm³/mol. The molecular weight excluding hydrogens is 366 g/mol. The molecule has 2 rings (SSSR count). The van der Waals surface area contributed by atoms with Crippen molar-refractivity contribution in [1.82, 2.24) is 15.1 Å². The lowest BCUT2D eigenvalue weighted by molar-refractivity contribution is -0.137. The van der Waals surface area contributed by atoms with Crippen LogP contribution < -0.4 is 5.32 Å². The second kappa shape index (κ2) is 10.4. The third kappa shape index (κ3) is 5.81. The number of aryl methyl sites for hydroxylation is 1. The fourth-order valence-corrected chi connectivity index (χ4v) is 3.94. The van der Waals surface area contributed by atoms with Gasteiger partial charge in [-0.25, -0.2) is 0 Å². The number of benzene rings is 1. The van der Waals surface area contributed by atoms with E-state index in [1.165, 1.54) is 0 Å². The molecule has 1 fully saturated rings. The van der Waals surface area contributed by atoms with Crippen molar-refractivity contribution in [3.8, 4) is 0 Å². The first-order valence-corrected chi connectivity index (χ1v) is 10.7. The van der Waals surface area contributed by atoms with Gasteiger partial charge < -0.3 is 15.1 Å². The third-order valence-electron chi connectivity index (χ3n) is 5.72. The maximum absolute atomic E-state index is 13.2. The van der Waals surface area contributed by atoms with Crippen molar-refractivity contribution in [3.05, 3.63) is 35.4 Å². The highest BCUT2D eigenvalue weighted by atomic mass is 16.2. The van der Waals surface area contributed by atoms with Gasteiger partial charge >= 0.3 is 0 Å². The Morgan fingerprint density at radius 3 is 2.28 bits per heavy atom. The van der Waals surface area contributed by atoms with Gasteiger partial charge in [0.15, 0.2) is 0 Å². The molecule has 0 bridgehead atoms. The van der Waals surface area contributed by atoms with Crippen molar-refractivity contribution in [2.45, 2.75) is 53.5 Å². The zero-order chi connectivity index (χ0) is 21.6. The van der Waals surface area contributed by atoms with E-state index in [1.54, 1.807) is 11.0 Å². The van der Waals surface area contributed by atoms with Crippen LogP contribution in [-0.4, -0.2) is 59.7 Å². The summed E-state index contributed by atoms with van der Waals surface area (Å²) >= 11 is 0. The topological polar surface area (TPSA) is 69.7 Å². The average molecular weight is 402 g/mol. The van der Waals surface area contributed by atoms with E-state index < -0.39 is 6.04 Å². The Morgan fingerprint density at radius 2 is 1.76 bits per heavy atom. The Balaban J connectivity index is 2.17. The quantitative estimate of drug-likeness (QED) is 0.764. The SMILES string of the molecule is CCN(CC)C(=O)[C@H](NC(=O)c1cccc(C)c1)C1CCN(C(=O)C(C)C)CC1. The van der Waals surface area contributed by atoms with E-state index in [9.17, 15) is 14.4 Å². The molecule has 0 aliphatic carbocycles. The number of nitrogens with zero attached hydrogens (tertiary/aromatic N) is 2. The van der Waals surface area contributed by atoms with E-state index in [2.05, 4.69) is 5.32 Å². The standard InChI is InChI=1S/C23H35N3O3/c1-6-25(7-2)23(29)20(24-21(27)19-10-8-9-17(5)15-19)18-11-13-26(14-12-18)22(28)16(3)4/h8-10,15-16,18,20H,6-7,11-14H2,1-5H3,(H,24,27)/t20-/m1/s1. The molecule has 1 N–H and O–H groups in total. The van der Waals surface area contributed by atoms with Gasteiger partial charge in [0, 0.05) is 37.7 Å². The van der Waals surface area contributed by atoms with Gasteiger partial charge in [-0.2, -0.15) is 0 Å². The summed E-state index contributed by atoms with van der Waals surface area (Å²) in [5, 5.41) is 3.01. The van der Waals surface area contributed by atoms with Gasteiger partial charge in [-0.1, -0.05) is 31.5 Å². The predicted octanol–water partition coefficient (Wildman–Crippen LogP) is 2.86. The van der Waals surface area contributed by atoms with E-state index in [0.717, 1.165) is 5.56 Å². The number of amides is 3. The average Bonchev–Trinajstić information content (AvgIpc) is 2.72. The summed E-state index contributed by atoms with van der Waals surface area (Å²) in [5.74, 6) is -0.114. The summed E-state index contributed by atoms with van der Waals surface area (Å²) in [4.78, 5) is 42.0. The van der Waals surface area contributed by atoms with Crippen molar-refractivity contribution >= 4 is 17.7 Å². The smallest absolute Gasteiger partial charge is 0.251 e. The summed E-state index contributed by atoms with van der Waals surface area (Å²) < 4.78 is 0. The van der Waals surface area contributed by atoms with Crippen molar-refractivity contribution < 1.29 is 14.4 Å². The van der Waals surface area contributed by atoms with Gasteiger partial charge in [0.05, 0.1) is 0 Å². The number of likely N-dealkylation sites (N-methyl/N-ethyl adjacent to an activating group) is 1. The van der Waals surface area contributed by atoms with Gasteiger partial charge in [0.25, 0.3) is 5.91 Å². The van der Waals surface area contributed by atoms with E-state index >= 15 is 0 Å². The Morgan fingerprint density at radius 1 is 1.14 bits per heavy atom. The van der Waals surface area contributed by atoms with E-state index in [0.29, 0.717) is 44.6 Å². The van der Waals surface area contributed by atoms with Gasteiger partial charge in [0.1, 0.15) is 6.04 Å². The van der Waals surface area contributed by atoms with Crippen LogP contribution in [0.4, 0.5) is 0 Å². The lowest BCUT2D eigenvalue weighted by atomic mass is 9.87. The van der Waals surface area contributed by atoms with Gasteiger partial charge in [-0.3, -0.25) is 14.4 Å². The summed E-state index contributed by atoms with van der Waals surface area (Å²) in [7, 11) is 0. The summed E-state index contributed by atoms with van der Waals surface area (Å²) in [6.07, 6.45) is 1.43. The molecule has 0 aromatic heterocycles. The number of hydrogen-bond acceptors (Lipinski definition) is 3. The first-order valence-electron chi connectivity index (χ1n) is 10.7. The fraction of sp³-hybridized carbons (Fsp3) is 0.609. The van der Waals surface area contributed by atoms with E-state index in [-0.39, 0.29) is 29.6 Å². The maximum atomic E-state index is 13.2. The van der Waals surface area contributed by atoms with Crippen LogP contribution in [0.3, 0.4) is 0 Å². The Kier molecular flexibility index (Phi) is 8.23. The molecule has 0 spiro atoms. The molecule has 0 saturated carbocycles. The molecule has 1 aliphatic heterocycles. The molecule has 6 heteroatoms. The minimum Gasteiger partial charge on any atom is -0.342 e. The summed E-state index contributed by atoms with van der Waals surface area (Å²) in [5.41, 5.74) is 1.57. The zero-order valence-corrected chi connectivity index (χ0v) is 18.4.